The first-order valence-electron chi connectivity index (χ1n) is 6.96. The lowest BCUT2D eigenvalue weighted by atomic mass is 9.94. The van der Waals surface area contributed by atoms with Crippen LogP contribution in [0.15, 0.2) is 18.7 Å². The third-order valence-corrected chi connectivity index (χ3v) is 3.06. The maximum absolute atomic E-state index is 11.9. The smallest absolute Gasteiger partial charge is 0.220 e. The van der Waals surface area contributed by atoms with Crippen molar-refractivity contribution in [2.45, 2.75) is 46.2 Å². The number of carbonyl (C=O) groups is 1. The molecule has 1 aromatic heterocycles. The number of imidazole rings is 1. The molecule has 2 atom stereocenters. The van der Waals surface area contributed by atoms with Gasteiger partial charge in [-0.25, -0.2) is 4.98 Å². The van der Waals surface area contributed by atoms with Crippen molar-refractivity contribution in [2.24, 2.45) is 17.6 Å². The second-order valence-electron chi connectivity index (χ2n) is 5.66. The third-order valence-electron chi connectivity index (χ3n) is 3.06. The van der Waals surface area contributed by atoms with Gasteiger partial charge in [0.25, 0.3) is 0 Å². The van der Waals surface area contributed by atoms with E-state index in [0.717, 1.165) is 13.0 Å². The molecule has 1 heterocycles. The first-order chi connectivity index (χ1) is 9.01. The maximum Gasteiger partial charge on any atom is 0.220 e. The molecule has 0 aliphatic carbocycles. The Hall–Kier alpha value is -1.36. The molecule has 5 heteroatoms. The van der Waals surface area contributed by atoms with Gasteiger partial charge in [0.1, 0.15) is 0 Å². The lowest BCUT2D eigenvalue weighted by molar-refractivity contribution is -0.122. The summed E-state index contributed by atoms with van der Waals surface area (Å²) in [5, 5.41) is 3.01. The fourth-order valence-corrected chi connectivity index (χ4v) is 2.28. The number of carbonyl (C=O) groups excluding carboxylic acids is 1. The van der Waals surface area contributed by atoms with E-state index >= 15 is 0 Å². The highest BCUT2D eigenvalue weighted by Crippen LogP contribution is 2.14. The Bertz CT molecular complexity index is 362. The monoisotopic (exact) mass is 266 g/mol. The van der Waals surface area contributed by atoms with E-state index in [1.165, 1.54) is 0 Å². The van der Waals surface area contributed by atoms with Crippen LogP contribution >= 0.6 is 0 Å². The van der Waals surface area contributed by atoms with Crippen molar-refractivity contribution in [1.29, 1.82) is 0 Å². The van der Waals surface area contributed by atoms with E-state index in [0.29, 0.717) is 18.9 Å². The lowest BCUT2D eigenvalue weighted by Crippen LogP contribution is -2.37. The average Bonchev–Trinajstić information content (AvgIpc) is 2.79. The molecule has 0 aliphatic heterocycles. The molecule has 0 bridgehead atoms. The summed E-state index contributed by atoms with van der Waals surface area (Å²) in [6.07, 6.45) is 6.90. The zero-order chi connectivity index (χ0) is 14.3. The van der Waals surface area contributed by atoms with Crippen LogP contribution in [0, 0.1) is 11.8 Å². The second-order valence-corrected chi connectivity index (χ2v) is 5.66. The number of hydrogen-bond acceptors (Lipinski definition) is 3. The van der Waals surface area contributed by atoms with Gasteiger partial charge in [-0.3, -0.25) is 4.79 Å². The first-order valence-corrected chi connectivity index (χ1v) is 6.96. The van der Waals surface area contributed by atoms with E-state index in [2.05, 4.69) is 24.1 Å². The number of amides is 1. The SMILES string of the molecule is CC(C)C[C@H](CN)CC(=O)NC(C)Cn1ccnc1. The van der Waals surface area contributed by atoms with E-state index in [4.69, 9.17) is 5.73 Å². The summed E-state index contributed by atoms with van der Waals surface area (Å²) in [5.41, 5.74) is 5.72. The van der Waals surface area contributed by atoms with Crippen molar-refractivity contribution in [3.05, 3.63) is 18.7 Å². The first kappa shape index (κ1) is 15.7. The van der Waals surface area contributed by atoms with E-state index in [1.54, 1.807) is 12.5 Å². The number of nitrogens with two attached hydrogens (primary N) is 1. The second kappa shape index (κ2) is 7.94. The summed E-state index contributed by atoms with van der Waals surface area (Å²) in [7, 11) is 0. The minimum atomic E-state index is 0.0868. The van der Waals surface area contributed by atoms with Crippen molar-refractivity contribution >= 4 is 5.91 Å². The van der Waals surface area contributed by atoms with Crippen LogP contribution in [0.5, 0.6) is 0 Å². The molecule has 0 radical (unpaired) electrons. The fraction of sp³-hybridized carbons (Fsp3) is 0.714. The number of rotatable bonds is 8. The largest absolute Gasteiger partial charge is 0.352 e. The number of hydrogen-bond donors (Lipinski definition) is 2. The van der Waals surface area contributed by atoms with Crippen LogP contribution in [0.25, 0.3) is 0 Å². The van der Waals surface area contributed by atoms with Crippen LogP contribution < -0.4 is 11.1 Å². The number of nitrogens with zero attached hydrogens (tertiary/aromatic N) is 2. The molecule has 3 N–H and O–H groups in total. The molecule has 1 rings (SSSR count). The van der Waals surface area contributed by atoms with Crippen molar-refractivity contribution in [3.63, 3.8) is 0 Å². The normalized spacial score (nSPS) is 14.4. The minimum Gasteiger partial charge on any atom is -0.352 e. The summed E-state index contributed by atoms with van der Waals surface area (Å²) in [6.45, 7) is 7.62. The molecule has 5 nitrogen and oxygen atoms in total. The van der Waals surface area contributed by atoms with Crippen LogP contribution in [0.4, 0.5) is 0 Å². The average molecular weight is 266 g/mol. The molecular formula is C14H26N4O. The van der Waals surface area contributed by atoms with Crippen LogP contribution in [0.1, 0.15) is 33.6 Å². The van der Waals surface area contributed by atoms with Gasteiger partial charge < -0.3 is 15.6 Å². The summed E-state index contributed by atoms with van der Waals surface area (Å²) in [6, 6.07) is 0.0965. The molecule has 1 amide bonds. The van der Waals surface area contributed by atoms with E-state index < -0.39 is 0 Å². The minimum absolute atomic E-state index is 0.0868. The highest BCUT2D eigenvalue weighted by atomic mass is 16.1. The van der Waals surface area contributed by atoms with E-state index in [1.807, 2.05) is 17.7 Å². The Morgan fingerprint density at radius 2 is 2.16 bits per heavy atom. The molecular weight excluding hydrogens is 240 g/mol. The summed E-state index contributed by atoms with van der Waals surface area (Å²) >= 11 is 0. The Balaban J connectivity index is 2.33. The third kappa shape index (κ3) is 6.38. The van der Waals surface area contributed by atoms with E-state index in [-0.39, 0.29) is 17.9 Å². The van der Waals surface area contributed by atoms with Gasteiger partial charge in [0.15, 0.2) is 0 Å². The van der Waals surface area contributed by atoms with Gasteiger partial charge in [-0.1, -0.05) is 13.8 Å². The zero-order valence-corrected chi connectivity index (χ0v) is 12.2. The van der Waals surface area contributed by atoms with Gasteiger partial charge in [-0.2, -0.15) is 0 Å². The Morgan fingerprint density at radius 1 is 1.42 bits per heavy atom. The van der Waals surface area contributed by atoms with Gasteiger partial charge in [0, 0.05) is 31.4 Å². The van der Waals surface area contributed by atoms with Crippen molar-refractivity contribution in [1.82, 2.24) is 14.9 Å². The number of aromatic nitrogens is 2. The highest BCUT2D eigenvalue weighted by Gasteiger charge is 2.15. The molecule has 1 unspecified atom stereocenters. The molecule has 19 heavy (non-hydrogen) atoms. The van der Waals surface area contributed by atoms with Crippen LogP contribution in [0.2, 0.25) is 0 Å². The lowest BCUT2D eigenvalue weighted by Gasteiger charge is -2.19. The van der Waals surface area contributed by atoms with Gasteiger partial charge >= 0.3 is 0 Å². The van der Waals surface area contributed by atoms with Crippen LogP contribution in [-0.4, -0.2) is 28.0 Å². The Labute approximate surface area is 115 Å². The standard InChI is InChI=1S/C14H26N4O/c1-11(2)6-13(8-15)7-14(19)17-12(3)9-18-5-4-16-10-18/h4-5,10-13H,6-9,15H2,1-3H3,(H,17,19)/t12?,13-/m0/s1. The van der Waals surface area contributed by atoms with Gasteiger partial charge in [0.05, 0.1) is 6.33 Å². The molecule has 108 valence electrons. The Kier molecular flexibility index (Phi) is 6.56. The van der Waals surface area contributed by atoms with E-state index in [9.17, 15) is 4.79 Å². The number of nitrogens with one attached hydrogen (secondary N) is 1. The molecule has 0 fully saturated rings. The highest BCUT2D eigenvalue weighted by molar-refractivity contribution is 5.76. The predicted molar refractivity (Wildman–Crippen MR) is 76.4 cm³/mol. The zero-order valence-electron chi connectivity index (χ0n) is 12.2. The quantitative estimate of drug-likeness (QED) is 0.747. The van der Waals surface area contributed by atoms with Gasteiger partial charge in [-0.15, -0.1) is 0 Å². The van der Waals surface area contributed by atoms with Crippen LogP contribution in [0.3, 0.4) is 0 Å². The Morgan fingerprint density at radius 3 is 2.68 bits per heavy atom. The van der Waals surface area contributed by atoms with Gasteiger partial charge in [0.2, 0.25) is 5.91 Å². The van der Waals surface area contributed by atoms with Crippen molar-refractivity contribution in [2.75, 3.05) is 6.54 Å². The fourth-order valence-electron chi connectivity index (χ4n) is 2.28. The summed E-state index contributed by atoms with van der Waals surface area (Å²) in [5.74, 6) is 0.939. The predicted octanol–water partition coefficient (Wildman–Crippen LogP) is 1.40. The molecule has 0 aliphatic rings. The van der Waals surface area contributed by atoms with Crippen molar-refractivity contribution < 1.29 is 4.79 Å². The summed E-state index contributed by atoms with van der Waals surface area (Å²) < 4.78 is 1.96. The molecule has 0 aromatic carbocycles. The van der Waals surface area contributed by atoms with Crippen LogP contribution in [-0.2, 0) is 11.3 Å². The topological polar surface area (TPSA) is 72.9 Å². The maximum atomic E-state index is 11.9. The molecule has 0 spiro atoms. The molecule has 1 aromatic rings. The van der Waals surface area contributed by atoms with Gasteiger partial charge in [-0.05, 0) is 31.7 Å². The molecule has 0 saturated carbocycles. The summed E-state index contributed by atoms with van der Waals surface area (Å²) in [4.78, 5) is 15.9. The molecule has 0 saturated heterocycles. The van der Waals surface area contributed by atoms with Crippen molar-refractivity contribution in [3.8, 4) is 0 Å².